The molecule has 0 radical (unpaired) electrons. The highest BCUT2D eigenvalue weighted by molar-refractivity contribution is 7.90. The highest BCUT2D eigenvalue weighted by atomic mass is 32.2. The third-order valence-corrected chi connectivity index (χ3v) is 5.34. The van der Waals surface area contributed by atoms with Crippen molar-refractivity contribution in [3.05, 3.63) is 23.8 Å². The largest absolute Gasteiger partial charge is 0.444 e. The van der Waals surface area contributed by atoms with E-state index in [0.29, 0.717) is 19.6 Å². The van der Waals surface area contributed by atoms with Gasteiger partial charge in [-0.1, -0.05) is 0 Å². The fourth-order valence-electron chi connectivity index (χ4n) is 3.05. The van der Waals surface area contributed by atoms with Crippen LogP contribution >= 0.6 is 0 Å². The zero-order valence-electron chi connectivity index (χ0n) is 14.8. The van der Waals surface area contributed by atoms with E-state index in [1.54, 1.807) is 0 Å². The van der Waals surface area contributed by atoms with E-state index in [9.17, 15) is 22.0 Å². The maximum atomic E-state index is 14.6. The Morgan fingerprint density at radius 1 is 1.26 bits per heavy atom. The molecule has 0 aliphatic carbocycles. The molecule has 2 saturated heterocycles. The van der Waals surface area contributed by atoms with Gasteiger partial charge in [-0.25, -0.2) is 27.5 Å². The van der Waals surface area contributed by atoms with Crippen LogP contribution in [0.5, 0.6) is 0 Å². The molecule has 2 fully saturated rings. The topological polar surface area (TPSA) is 88.2 Å². The number of anilines is 2. The zero-order chi connectivity index (χ0) is 19.6. The average molecular weight is 405 g/mol. The van der Waals surface area contributed by atoms with Crippen LogP contribution in [0.1, 0.15) is 6.42 Å². The predicted octanol–water partition coefficient (Wildman–Crippen LogP) is 1.07. The summed E-state index contributed by atoms with van der Waals surface area (Å²) in [6.45, 7) is 1.42. The first kappa shape index (κ1) is 19.8. The lowest BCUT2D eigenvalue weighted by atomic mass is 10.2. The Morgan fingerprint density at radius 3 is 2.63 bits per heavy atom. The molecule has 0 aromatic heterocycles. The summed E-state index contributed by atoms with van der Waals surface area (Å²) in [7, 11) is -3.20. The summed E-state index contributed by atoms with van der Waals surface area (Å²) >= 11 is 0. The number of hydrogen-bond acceptors (Lipinski definition) is 7. The number of halogens is 2. The van der Waals surface area contributed by atoms with Gasteiger partial charge in [-0.15, -0.1) is 0 Å². The minimum absolute atomic E-state index is 0.0322. The van der Waals surface area contributed by atoms with Crippen molar-refractivity contribution in [1.82, 2.24) is 5.48 Å². The Labute approximate surface area is 155 Å². The lowest BCUT2D eigenvalue weighted by Gasteiger charge is -2.24. The normalized spacial score (nSPS) is 21.3. The lowest BCUT2D eigenvalue weighted by Crippen LogP contribution is -2.31. The molecule has 8 nitrogen and oxygen atoms in total. The molecular formula is C16H21F2N3O5S. The SMILES string of the molecule is CS(=O)(=O)CC[C@H]1CN(c2cc(F)c(N3CCNOCC3)c(F)c2)C(=O)O1. The molecule has 1 amide bonds. The van der Waals surface area contributed by atoms with Gasteiger partial charge in [-0.3, -0.25) is 9.74 Å². The molecule has 11 heteroatoms. The highest BCUT2D eigenvalue weighted by Crippen LogP contribution is 2.31. The monoisotopic (exact) mass is 405 g/mol. The van der Waals surface area contributed by atoms with E-state index in [0.717, 1.165) is 23.3 Å². The van der Waals surface area contributed by atoms with E-state index in [1.165, 1.54) is 4.90 Å². The van der Waals surface area contributed by atoms with Crippen LogP contribution < -0.4 is 15.3 Å². The van der Waals surface area contributed by atoms with Gasteiger partial charge in [0.1, 0.15) is 21.6 Å². The summed E-state index contributed by atoms with van der Waals surface area (Å²) < 4.78 is 56.8. The Balaban J connectivity index is 1.76. The molecule has 2 heterocycles. The number of cyclic esters (lactones) is 1. The molecule has 0 unspecified atom stereocenters. The number of hydrogen-bond donors (Lipinski definition) is 1. The van der Waals surface area contributed by atoms with Crippen LogP contribution in [0, 0.1) is 11.6 Å². The average Bonchev–Trinajstić information content (AvgIpc) is 2.77. The Hall–Kier alpha value is -1.98. The predicted molar refractivity (Wildman–Crippen MR) is 94.5 cm³/mol. The lowest BCUT2D eigenvalue weighted by molar-refractivity contribution is 0.0589. The Bertz CT molecular complexity index is 789. The fourth-order valence-corrected chi connectivity index (χ4v) is 3.75. The van der Waals surface area contributed by atoms with Crippen molar-refractivity contribution >= 4 is 27.3 Å². The maximum Gasteiger partial charge on any atom is 0.414 e. The molecule has 2 aliphatic rings. The smallest absolute Gasteiger partial charge is 0.414 e. The van der Waals surface area contributed by atoms with Crippen LogP contribution in [0.15, 0.2) is 12.1 Å². The first-order valence-electron chi connectivity index (χ1n) is 8.49. The van der Waals surface area contributed by atoms with Gasteiger partial charge in [0.05, 0.1) is 24.6 Å². The van der Waals surface area contributed by atoms with Gasteiger partial charge in [0.2, 0.25) is 0 Å². The van der Waals surface area contributed by atoms with Gasteiger partial charge in [-0.05, 0) is 0 Å². The minimum atomic E-state index is -3.20. The van der Waals surface area contributed by atoms with Crippen molar-refractivity contribution < 1.29 is 31.6 Å². The van der Waals surface area contributed by atoms with Gasteiger partial charge >= 0.3 is 6.09 Å². The molecule has 0 saturated carbocycles. The van der Waals surface area contributed by atoms with Crippen molar-refractivity contribution in [3.63, 3.8) is 0 Å². The van der Waals surface area contributed by atoms with Crippen molar-refractivity contribution in [2.24, 2.45) is 0 Å². The second-order valence-electron chi connectivity index (χ2n) is 6.52. The van der Waals surface area contributed by atoms with Gasteiger partial charge in [0.15, 0.2) is 11.6 Å². The van der Waals surface area contributed by atoms with Crippen molar-refractivity contribution in [1.29, 1.82) is 0 Å². The summed E-state index contributed by atoms with van der Waals surface area (Å²) in [5, 5.41) is 0. The van der Waals surface area contributed by atoms with Crippen LogP contribution in [-0.4, -0.2) is 65.4 Å². The number of nitrogens with zero attached hydrogens (tertiary/aromatic N) is 2. The summed E-state index contributed by atoms with van der Waals surface area (Å²) in [5.74, 6) is -1.72. The number of benzene rings is 1. The second kappa shape index (κ2) is 7.95. The number of hydroxylamine groups is 1. The quantitative estimate of drug-likeness (QED) is 0.784. The van der Waals surface area contributed by atoms with E-state index >= 15 is 0 Å². The van der Waals surface area contributed by atoms with Gasteiger partial charge < -0.3 is 9.64 Å². The maximum absolute atomic E-state index is 14.6. The van der Waals surface area contributed by atoms with Crippen molar-refractivity contribution in [2.45, 2.75) is 12.5 Å². The first-order chi connectivity index (χ1) is 12.7. The molecule has 1 aromatic rings. The third-order valence-electron chi connectivity index (χ3n) is 4.36. The number of ether oxygens (including phenoxy) is 1. The number of carbonyl (C=O) groups excluding carboxylic acids is 1. The third kappa shape index (κ3) is 4.85. The van der Waals surface area contributed by atoms with Crippen LogP contribution in [0.2, 0.25) is 0 Å². The summed E-state index contributed by atoms with van der Waals surface area (Å²) in [4.78, 5) is 19.7. The molecule has 0 spiro atoms. The molecule has 1 N–H and O–H groups in total. The Morgan fingerprint density at radius 2 is 1.96 bits per heavy atom. The van der Waals surface area contributed by atoms with E-state index in [4.69, 9.17) is 9.57 Å². The summed E-state index contributed by atoms with van der Waals surface area (Å²) in [5.41, 5.74) is 2.53. The first-order valence-corrected chi connectivity index (χ1v) is 10.5. The summed E-state index contributed by atoms with van der Waals surface area (Å²) in [6.07, 6.45) is -0.182. The van der Waals surface area contributed by atoms with Crippen molar-refractivity contribution in [2.75, 3.05) is 54.6 Å². The molecule has 1 atom stereocenters. The van der Waals surface area contributed by atoms with Crippen LogP contribution in [0.3, 0.4) is 0 Å². The van der Waals surface area contributed by atoms with Gasteiger partial charge in [-0.2, -0.15) is 0 Å². The van der Waals surface area contributed by atoms with Gasteiger partial charge in [0, 0.05) is 44.4 Å². The number of carbonyl (C=O) groups is 1. The standard InChI is InChI=1S/C16H21F2N3O5S/c1-27(23,24)7-2-12-10-21(16(22)26-12)11-8-13(17)15(14(18)9-11)20-4-3-19-25-6-5-20/h8-9,12,19H,2-7,10H2,1H3/t12-/m0/s1. The molecule has 150 valence electrons. The van der Waals surface area contributed by atoms with Gasteiger partial charge in [0.25, 0.3) is 0 Å². The summed E-state index contributed by atoms with van der Waals surface area (Å²) in [6, 6.07) is 2.16. The number of amides is 1. The highest BCUT2D eigenvalue weighted by Gasteiger charge is 2.34. The number of rotatable bonds is 5. The van der Waals surface area contributed by atoms with Crippen LogP contribution in [0.4, 0.5) is 25.0 Å². The molecule has 3 rings (SSSR count). The molecule has 1 aromatic carbocycles. The second-order valence-corrected chi connectivity index (χ2v) is 8.78. The van der Waals surface area contributed by atoms with Crippen LogP contribution in [0.25, 0.3) is 0 Å². The molecular weight excluding hydrogens is 384 g/mol. The zero-order valence-corrected chi connectivity index (χ0v) is 15.6. The van der Waals surface area contributed by atoms with E-state index in [2.05, 4.69) is 5.48 Å². The molecule has 2 aliphatic heterocycles. The fraction of sp³-hybridized carbons (Fsp3) is 0.562. The molecule has 0 bridgehead atoms. The van der Waals surface area contributed by atoms with Crippen LogP contribution in [-0.2, 0) is 19.4 Å². The Kier molecular flexibility index (Phi) is 5.82. The van der Waals surface area contributed by atoms with E-state index in [1.807, 2.05) is 0 Å². The van der Waals surface area contributed by atoms with E-state index < -0.39 is 33.7 Å². The minimum Gasteiger partial charge on any atom is -0.444 e. The van der Waals surface area contributed by atoms with Crippen molar-refractivity contribution in [3.8, 4) is 0 Å². The number of sulfone groups is 1. The molecule has 27 heavy (non-hydrogen) atoms. The van der Waals surface area contributed by atoms with E-state index in [-0.39, 0.29) is 36.7 Å². The number of nitrogens with one attached hydrogen (secondary N) is 1.